The van der Waals surface area contributed by atoms with Gasteiger partial charge in [0.15, 0.2) is 11.5 Å². The van der Waals surface area contributed by atoms with Crippen LogP contribution in [0.5, 0.6) is 0 Å². The molecule has 0 unspecified atom stereocenters. The second kappa shape index (κ2) is 10.5. The van der Waals surface area contributed by atoms with Gasteiger partial charge in [0, 0.05) is 36.9 Å². The standard InChI is InChI=1S/C29H33ClN8O/c1-3-14-37-27(39)24-20-32-28(34-26(24)38(37)25-9-4-21(30)19-31-25)33-22-5-7-23(8-6-22)36-17-12-29(13-18-36)10-15-35(2)16-11-29/h3-9,19-20H,1,10-18H2,2H3,(H,32,33,34). The summed E-state index contributed by atoms with van der Waals surface area (Å²) in [5.74, 6) is 0.932. The maximum atomic E-state index is 13.1. The molecule has 1 aromatic carbocycles. The number of likely N-dealkylation sites (tertiary alicyclic amines) is 1. The molecule has 9 nitrogen and oxygen atoms in total. The second-order valence-electron chi connectivity index (χ2n) is 10.7. The number of benzene rings is 1. The minimum absolute atomic E-state index is 0.207. The molecule has 0 radical (unpaired) electrons. The maximum Gasteiger partial charge on any atom is 0.278 e. The molecule has 0 bridgehead atoms. The van der Waals surface area contributed by atoms with Crippen molar-refractivity contribution < 1.29 is 0 Å². The van der Waals surface area contributed by atoms with Crippen molar-refractivity contribution in [3.05, 3.63) is 76.8 Å². The maximum absolute atomic E-state index is 13.1. The van der Waals surface area contributed by atoms with Crippen LogP contribution in [0.1, 0.15) is 25.7 Å². The van der Waals surface area contributed by atoms with Gasteiger partial charge in [-0.3, -0.25) is 4.79 Å². The fourth-order valence-electron chi connectivity index (χ4n) is 5.82. The number of anilines is 3. The summed E-state index contributed by atoms with van der Waals surface area (Å²) >= 11 is 6.04. The largest absolute Gasteiger partial charge is 0.371 e. The minimum atomic E-state index is -0.207. The van der Waals surface area contributed by atoms with E-state index in [0.717, 1.165) is 18.8 Å². The lowest BCUT2D eigenvalue weighted by atomic mass is 9.71. The molecule has 10 heteroatoms. The van der Waals surface area contributed by atoms with Crippen molar-refractivity contribution in [2.45, 2.75) is 32.2 Å². The first-order valence-corrected chi connectivity index (χ1v) is 13.8. The van der Waals surface area contributed by atoms with Crippen LogP contribution in [0.2, 0.25) is 5.02 Å². The highest BCUT2D eigenvalue weighted by Gasteiger charge is 2.36. The number of fused-ring (bicyclic) bond motifs is 1. The predicted octanol–water partition coefficient (Wildman–Crippen LogP) is 4.87. The van der Waals surface area contributed by atoms with Gasteiger partial charge < -0.3 is 15.1 Å². The molecule has 3 aromatic heterocycles. The molecule has 0 saturated carbocycles. The highest BCUT2D eigenvalue weighted by Crippen LogP contribution is 2.42. The highest BCUT2D eigenvalue weighted by atomic mass is 35.5. The van der Waals surface area contributed by atoms with E-state index >= 15 is 0 Å². The summed E-state index contributed by atoms with van der Waals surface area (Å²) in [6.45, 7) is 8.75. The van der Waals surface area contributed by atoms with Gasteiger partial charge in [-0.1, -0.05) is 17.7 Å². The summed E-state index contributed by atoms with van der Waals surface area (Å²) in [5.41, 5.74) is 2.91. The Kier molecular flexibility index (Phi) is 6.86. The van der Waals surface area contributed by atoms with E-state index in [-0.39, 0.29) is 5.56 Å². The van der Waals surface area contributed by atoms with E-state index in [1.165, 1.54) is 49.1 Å². The van der Waals surface area contributed by atoms with Gasteiger partial charge in [0.05, 0.1) is 11.6 Å². The SMILES string of the molecule is C=CCn1c(=O)c2cnc(Nc3ccc(N4CCC5(CCN(C)CC5)CC4)cc3)nc2n1-c1ccc(Cl)cn1. The van der Waals surface area contributed by atoms with E-state index in [2.05, 4.69) is 63.0 Å². The van der Waals surface area contributed by atoms with E-state index < -0.39 is 0 Å². The molecule has 4 aromatic rings. The average molecular weight is 545 g/mol. The fraction of sp³-hybridized carbons (Fsp3) is 0.379. The van der Waals surface area contributed by atoms with E-state index in [1.54, 1.807) is 35.3 Å². The molecule has 39 heavy (non-hydrogen) atoms. The van der Waals surface area contributed by atoms with Gasteiger partial charge in [-0.15, -0.1) is 6.58 Å². The second-order valence-corrected chi connectivity index (χ2v) is 11.2. The lowest BCUT2D eigenvalue weighted by molar-refractivity contribution is 0.0945. The van der Waals surface area contributed by atoms with Gasteiger partial charge in [0.25, 0.3) is 5.56 Å². The number of piperidine rings is 2. The monoisotopic (exact) mass is 544 g/mol. The van der Waals surface area contributed by atoms with Crippen molar-refractivity contribution in [1.82, 2.24) is 29.2 Å². The van der Waals surface area contributed by atoms with Crippen LogP contribution < -0.4 is 15.8 Å². The summed E-state index contributed by atoms with van der Waals surface area (Å²) in [6, 6.07) is 11.9. The highest BCUT2D eigenvalue weighted by molar-refractivity contribution is 6.30. The molecule has 2 aliphatic rings. The molecule has 0 atom stereocenters. The Hall–Kier alpha value is -3.69. The topological polar surface area (TPSA) is 84.1 Å². The smallest absolute Gasteiger partial charge is 0.278 e. The van der Waals surface area contributed by atoms with Gasteiger partial charge in [0.2, 0.25) is 5.95 Å². The van der Waals surface area contributed by atoms with Crippen LogP contribution in [0.4, 0.5) is 17.3 Å². The fourth-order valence-corrected chi connectivity index (χ4v) is 5.93. The Bertz CT molecular complexity index is 1520. The van der Waals surface area contributed by atoms with E-state index in [0.29, 0.717) is 39.8 Å². The van der Waals surface area contributed by atoms with Gasteiger partial charge in [-0.25, -0.2) is 19.3 Å². The Morgan fingerprint density at radius 1 is 1.00 bits per heavy atom. The normalized spacial score (nSPS) is 17.5. The zero-order valence-corrected chi connectivity index (χ0v) is 22.9. The van der Waals surface area contributed by atoms with Crippen LogP contribution in [-0.2, 0) is 6.54 Å². The van der Waals surface area contributed by atoms with Crippen molar-refractivity contribution in [3.63, 3.8) is 0 Å². The van der Waals surface area contributed by atoms with E-state index in [1.807, 2.05) is 0 Å². The molecule has 5 heterocycles. The van der Waals surface area contributed by atoms with Gasteiger partial charge in [0.1, 0.15) is 5.39 Å². The summed E-state index contributed by atoms with van der Waals surface area (Å²) in [7, 11) is 2.23. The third kappa shape index (κ3) is 5.04. The molecule has 1 N–H and O–H groups in total. The van der Waals surface area contributed by atoms with Gasteiger partial charge >= 0.3 is 0 Å². The molecule has 6 rings (SSSR count). The lowest BCUT2D eigenvalue weighted by Crippen LogP contribution is -2.46. The first kappa shape index (κ1) is 25.6. The number of pyridine rings is 1. The van der Waals surface area contributed by atoms with Crippen molar-refractivity contribution in [2.24, 2.45) is 5.41 Å². The third-order valence-corrected chi connectivity index (χ3v) is 8.49. The van der Waals surface area contributed by atoms with E-state index in [9.17, 15) is 4.79 Å². The van der Waals surface area contributed by atoms with Crippen molar-refractivity contribution in [2.75, 3.05) is 43.4 Å². The van der Waals surface area contributed by atoms with Crippen LogP contribution in [0.15, 0.2) is 66.2 Å². The van der Waals surface area contributed by atoms with Crippen LogP contribution >= 0.6 is 11.6 Å². The van der Waals surface area contributed by atoms with Crippen LogP contribution in [0, 0.1) is 5.41 Å². The number of nitrogens with zero attached hydrogens (tertiary/aromatic N) is 7. The summed E-state index contributed by atoms with van der Waals surface area (Å²) in [5, 5.41) is 4.21. The van der Waals surface area contributed by atoms with Crippen molar-refractivity contribution in [1.29, 1.82) is 0 Å². The summed E-state index contributed by atoms with van der Waals surface area (Å²) in [6.07, 6.45) is 9.95. The molecule has 2 saturated heterocycles. The molecule has 2 aliphatic heterocycles. The van der Waals surface area contributed by atoms with Crippen LogP contribution in [0.25, 0.3) is 16.9 Å². The molecule has 1 spiro atoms. The number of aromatic nitrogens is 5. The van der Waals surface area contributed by atoms with Crippen LogP contribution in [0.3, 0.4) is 0 Å². The molecule has 2 fully saturated rings. The number of nitrogens with one attached hydrogen (secondary N) is 1. The molecule has 0 amide bonds. The summed E-state index contributed by atoms with van der Waals surface area (Å²) in [4.78, 5) is 31.6. The first-order valence-electron chi connectivity index (χ1n) is 13.5. The van der Waals surface area contributed by atoms with E-state index in [4.69, 9.17) is 16.6 Å². The van der Waals surface area contributed by atoms with Crippen molar-refractivity contribution >= 4 is 40.0 Å². The quantitative estimate of drug-likeness (QED) is 0.347. The number of allylic oxidation sites excluding steroid dienone is 1. The van der Waals surface area contributed by atoms with Gasteiger partial charge in [-0.05, 0) is 87.6 Å². The Morgan fingerprint density at radius 3 is 2.38 bits per heavy atom. The van der Waals surface area contributed by atoms with Crippen LogP contribution in [-0.4, -0.2) is 62.4 Å². The molecular formula is C29H33ClN8O. The molecular weight excluding hydrogens is 512 g/mol. The molecule has 202 valence electrons. The minimum Gasteiger partial charge on any atom is -0.371 e. The number of hydrogen-bond donors (Lipinski definition) is 1. The van der Waals surface area contributed by atoms with Gasteiger partial charge in [-0.2, -0.15) is 4.98 Å². The number of rotatable bonds is 6. The Morgan fingerprint density at radius 2 is 1.72 bits per heavy atom. The zero-order valence-electron chi connectivity index (χ0n) is 22.2. The Balaban J connectivity index is 1.21. The number of hydrogen-bond acceptors (Lipinski definition) is 7. The average Bonchev–Trinajstić information content (AvgIpc) is 3.23. The first-order chi connectivity index (χ1) is 18.9. The lowest BCUT2D eigenvalue weighted by Gasteiger charge is -2.46. The third-order valence-electron chi connectivity index (χ3n) is 8.27. The number of halogens is 1. The summed E-state index contributed by atoms with van der Waals surface area (Å²) < 4.78 is 3.22. The Labute approximate surface area is 232 Å². The zero-order chi connectivity index (χ0) is 27.0. The molecule has 0 aliphatic carbocycles. The van der Waals surface area contributed by atoms with Crippen molar-refractivity contribution in [3.8, 4) is 5.82 Å². The predicted molar refractivity (Wildman–Crippen MR) is 156 cm³/mol.